The topological polar surface area (TPSA) is 87.3 Å². The summed E-state index contributed by atoms with van der Waals surface area (Å²) in [5.41, 5.74) is 3.30. The van der Waals surface area contributed by atoms with E-state index < -0.39 is 29.0 Å². The Morgan fingerprint density at radius 2 is 1.00 bits per heavy atom. The molecule has 0 aromatic heterocycles. The molecule has 3 aromatic rings. The Morgan fingerprint density at radius 3 is 1.43 bits per heavy atom. The number of rotatable bonds is 14. The fourth-order valence-corrected chi connectivity index (χ4v) is 4.21. The van der Waals surface area contributed by atoms with Gasteiger partial charge in [-0.1, -0.05) is 91.0 Å². The van der Waals surface area contributed by atoms with Crippen LogP contribution in [-0.4, -0.2) is 42.1 Å². The van der Waals surface area contributed by atoms with Crippen molar-refractivity contribution in [3.8, 4) is 0 Å². The van der Waals surface area contributed by atoms with Gasteiger partial charge in [0.05, 0.1) is 5.25 Å². The van der Waals surface area contributed by atoms with Crippen molar-refractivity contribution in [2.24, 2.45) is 0 Å². The number of thiol groups is 1. The van der Waals surface area contributed by atoms with Crippen LogP contribution in [0.5, 0.6) is 0 Å². The van der Waals surface area contributed by atoms with Gasteiger partial charge >= 0.3 is 0 Å². The minimum absolute atomic E-state index is 0.389. The molecule has 0 bridgehead atoms. The Balaban J connectivity index is 1.53. The smallest absolute Gasteiger partial charge is 0.252 e. The van der Waals surface area contributed by atoms with Crippen molar-refractivity contribution in [2.45, 2.75) is 43.4 Å². The van der Waals surface area contributed by atoms with Gasteiger partial charge in [-0.25, -0.2) is 0 Å². The number of hydrogen-bond acceptors (Lipinski definition) is 4. The van der Waals surface area contributed by atoms with Gasteiger partial charge in [0, 0.05) is 13.1 Å². The van der Waals surface area contributed by atoms with Crippen molar-refractivity contribution < 1.29 is 14.4 Å². The number of carbonyl (C=O) groups is 3. The lowest BCUT2D eigenvalue weighted by atomic mass is 10.1. The third-order valence-corrected chi connectivity index (χ3v) is 6.37. The van der Waals surface area contributed by atoms with Gasteiger partial charge in [0.2, 0.25) is 5.91 Å². The molecule has 7 heteroatoms. The number of hydrogen-bond donors (Lipinski definition) is 4. The molecule has 0 heterocycles. The highest BCUT2D eigenvalue weighted by Gasteiger charge is 2.30. The summed E-state index contributed by atoms with van der Waals surface area (Å²) in [6.07, 6.45) is 3.44. The van der Waals surface area contributed by atoms with Gasteiger partial charge in [-0.05, 0) is 48.8 Å². The molecule has 194 valence electrons. The van der Waals surface area contributed by atoms with Crippen molar-refractivity contribution >= 4 is 30.4 Å². The normalized spacial score (nSPS) is 11.5. The first-order valence-corrected chi connectivity index (χ1v) is 13.2. The summed E-state index contributed by atoms with van der Waals surface area (Å²) in [5.74, 6) is -1.51. The maximum atomic E-state index is 13.0. The molecule has 0 saturated heterocycles. The molecule has 1 atom stereocenters. The maximum Gasteiger partial charge on any atom is 0.252 e. The van der Waals surface area contributed by atoms with Crippen LogP contribution in [0.25, 0.3) is 0 Å². The van der Waals surface area contributed by atoms with E-state index in [0.29, 0.717) is 19.5 Å². The fraction of sp³-hybridized carbons (Fsp3) is 0.300. The van der Waals surface area contributed by atoms with E-state index in [2.05, 4.69) is 28.6 Å². The van der Waals surface area contributed by atoms with E-state index in [1.54, 1.807) is 0 Å². The van der Waals surface area contributed by atoms with E-state index in [9.17, 15) is 14.4 Å². The molecule has 3 rings (SSSR count). The second kappa shape index (κ2) is 15.5. The van der Waals surface area contributed by atoms with Gasteiger partial charge < -0.3 is 16.0 Å². The highest BCUT2D eigenvalue weighted by Crippen LogP contribution is 2.09. The number of aryl methyl sites for hydroxylation is 2. The molecule has 3 N–H and O–H groups in total. The van der Waals surface area contributed by atoms with Gasteiger partial charge in [0.25, 0.3) is 11.8 Å². The molecule has 37 heavy (non-hydrogen) atoms. The summed E-state index contributed by atoms with van der Waals surface area (Å²) in [7, 11) is 0. The van der Waals surface area contributed by atoms with Gasteiger partial charge in [0.1, 0.15) is 0 Å². The van der Waals surface area contributed by atoms with E-state index in [4.69, 9.17) is 0 Å². The molecule has 0 radical (unpaired) electrons. The average Bonchev–Trinajstić information content (AvgIpc) is 2.93. The Hall–Kier alpha value is -3.58. The summed E-state index contributed by atoms with van der Waals surface area (Å²) in [5, 5.41) is 7.53. The minimum atomic E-state index is -1.33. The number of amides is 3. The standard InChI is InChI=1S/C30H35N3O3S/c34-28(26(37)22-25-16-8-3-9-17-25)33-27(29(35)31-20-10-18-23-12-4-1-5-13-23)30(36)32-21-11-19-24-14-6-2-7-15-24/h1-9,12-17,26-27,37H,10-11,18-22H2,(H,31,35)(H,32,36)(H,33,34). The summed E-state index contributed by atoms with van der Waals surface area (Å²) < 4.78 is 0. The molecule has 3 amide bonds. The van der Waals surface area contributed by atoms with E-state index in [-0.39, 0.29) is 0 Å². The molecule has 6 nitrogen and oxygen atoms in total. The third-order valence-electron chi connectivity index (χ3n) is 5.95. The predicted molar refractivity (Wildman–Crippen MR) is 150 cm³/mol. The molecule has 3 aromatic carbocycles. The molecule has 0 aliphatic rings. The lowest BCUT2D eigenvalue weighted by Crippen LogP contribution is -2.57. The first kappa shape index (κ1) is 28.0. The van der Waals surface area contributed by atoms with Crippen molar-refractivity contribution in [2.75, 3.05) is 13.1 Å². The van der Waals surface area contributed by atoms with Gasteiger partial charge in [-0.15, -0.1) is 0 Å². The molecule has 1 unspecified atom stereocenters. The number of carbonyl (C=O) groups excluding carboxylic acids is 3. The molecule has 0 saturated carbocycles. The highest BCUT2D eigenvalue weighted by molar-refractivity contribution is 7.81. The van der Waals surface area contributed by atoms with Crippen LogP contribution in [0.2, 0.25) is 0 Å². The minimum Gasteiger partial charge on any atom is -0.354 e. The van der Waals surface area contributed by atoms with Crippen LogP contribution in [0.3, 0.4) is 0 Å². The predicted octanol–water partition coefficient (Wildman–Crippen LogP) is 3.51. The van der Waals surface area contributed by atoms with Crippen LogP contribution >= 0.6 is 12.6 Å². The van der Waals surface area contributed by atoms with Crippen molar-refractivity contribution in [3.05, 3.63) is 108 Å². The van der Waals surface area contributed by atoms with E-state index in [1.165, 1.54) is 11.1 Å². The SMILES string of the molecule is O=C(NC(C(=O)NCCCc1ccccc1)C(=O)NCCCc1ccccc1)C(S)Cc1ccccc1. The van der Waals surface area contributed by atoms with Crippen LogP contribution in [0.15, 0.2) is 91.0 Å². The van der Waals surface area contributed by atoms with Crippen LogP contribution in [-0.2, 0) is 33.6 Å². The Bertz CT molecular complexity index is 1050. The quantitative estimate of drug-likeness (QED) is 0.150. The third kappa shape index (κ3) is 10.1. The number of nitrogens with one attached hydrogen (secondary N) is 3. The van der Waals surface area contributed by atoms with E-state index in [0.717, 1.165) is 31.2 Å². The van der Waals surface area contributed by atoms with Crippen molar-refractivity contribution in [3.63, 3.8) is 0 Å². The van der Waals surface area contributed by atoms with Gasteiger partial charge in [0.15, 0.2) is 6.04 Å². The first-order valence-electron chi connectivity index (χ1n) is 12.7. The van der Waals surface area contributed by atoms with E-state index >= 15 is 0 Å². The lowest BCUT2D eigenvalue weighted by Gasteiger charge is -2.20. The highest BCUT2D eigenvalue weighted by atomic mass is 32.1. The summed E-state index contributed by atoms with van der Waals surface area (Å²) in [4.78, 5) is 38.8. The van der Waals surface area contributed by atoms with Gasteiger partial charge in [-0.2, -0.15) is 12.6 Å². The summed E-state index contributed by atoms with van der Waals surface area (Å²) >= 11 is 4.42. The maximum absolute atomic E-state index is 13.0. The molecular formula is C30H35N3O3S. The summed E-state index contributed by atoms with van der Waals surface area (Å²) in [6.45, 7) is 0.797. The Morgan fingerprint density at radius 1 is 0.595 bits per heavy atom. The molecule has 0 aliphatic heterocycles. The van der Waals surface area contributed by atoms with Crippen molar-refractivity contribution in [1.82, 2.24) is 16.0 Å². The molecule has 0 spiro atoms. The second-order valence-corrected chi connectivity index (χ2v) is 9.53. The van der Waals surface area contributed by atoms with Gasteiger partial charge in [-0.3, -0.25) is 14.4 Å². The van der Waals surface area contributed by atoms with Crippen LogP contribution in [0, 0.1) is 0 Å². The largest absolute Gasteiger partial charge is 0.354 e. The number of benzene rings is 3. The molecule has 0 aliphatic carbocycles. The average molecular weight is 518 g/mol. The van der Waals surface area contributed by atoms with Crippen LogP contribution in [0.1, 0.15) is 29.5 Å². The molecule has 0 fully saturated rings. The van der Waals surface area contributed by atoms with Crippen LogP contribution in [0.4, 0.5) is 0 Å². The monoisotopic (exact) mass is 517 g/mol. The zero-order valence-electron chi connectivity index (χ0n) is 20.9. The summed E-state index contributed by atoms with van der Waals surface area (Å²) in [6, 6.07) is 28.1. The Kier molecular flexibility index (Phi) is 11.7. The Labute approximate surface area is 224 Å². The first-order chi connectivity index (χ1) is 18.0. The lowest BCUT2D eigenvalue weighted by molar-refractivity contribution is -0.136. The molecular weight excluding hydrogens is 482 g/mol. The zero-order valence-corrected chi connectivity index (χ0v) is 21.8. The van der Waals surface area contributed by atoms with Crippen molar-refractivity contribution in [1.29, 1.82) is 0 Å². The fourth-order valence-electron chi connectivity index (χ4n) is 3.92. The van der Waals surface area contributed by atoms with Crippen LogP contribution < -0.4 is 16.0 Å². The second-order valence-electron chi connectivity index (χ2n) is 8.91. The van der Waals surface area contributed by atoms with E-state index in [1.807, 2.05) is 91.0 Å². The zero-order chi connectivity index (χ0) is 26.3.